The molecule has 0 radical (unpaired) electrons. The Bertz CT molecular complexity index is 448. The Morgan fingerprint density at radius 1 is 0.750 bits per heavy atom. The van der Waals surface area contributed by atoms with Crippen LogP contribution in [0.15, 0.2) is 60.7 Å². The van der Waals surface area contributed by atoms with E-state index in [9.17, 15) is 0 Å². The van der Waals surface area contributed by atoms with Crippen LogP contribution < -0.4 is 5.84 Å². The second-order valence-corrected chi connectivity index (χ2v) is 5.52. The topological polar surface area (TPSA) is 29.3 Å². The molecule has 2 unspecified atom stereocenters. The first-order valence-electron chi connectivity index (χ1n) is 7.27. The van der Waals surface area contributed by atoms with Crippen LogP contribution in [-0.4, -0.2) is 17.1 Å². The SMILES string of the molecule is CC(Cc1ccccc1)N(N)C(C)Cc1ccccc1. The fourth-order valence-corrected chi connectivity index (χ4v) is 2.56. The molecule has 2 atom stereocenters. The Balaban J connectivity index is 1.91. The van der Waals surface area contributed by atoms with Crippen LogP contribution in [-0.2, 0) is 12.8 Å². The molecule has 0 saturated carbocycles. The third-order valence-electron chi connectivity index (χ3n) is 3.77. The van der Waals surface area contributed by atoms with Crippen molar-refractivity contribution in [2.75, 3.05) is 0 Å². The highest BCUT2D eigenvalue weighted by Crippen LogP contribution is 2.12. The van der Waals surface area contributed by atoms with Crippen molar-refractivity contribution in [3.05, 3.63) is 71.8 Å². The quantitative estimate of drug-likeness (QED) is 0.642. The second-order valence-electron chi connectivity index (χ2n) is 5.52. The number of hydrogen-bond acceptors (Lipinski definition) is 2. The lowest BCUT2D eigenvalue weighted by molar-refractivity contribution is 0.154. The van der Waals surface area contributed by atoms with Crippen LogP contribution in [0.5, 0.6) is 0 Å². The van der Waals surface area contributed by atoms with Crippen LogP contribution in [0.25, 0.3) is 0 Å². The lowest BCUT2D eigenvalue weighted by Crippen LogP contribution is -2.47. The zero-order valence-corrected chi connectivity index (χ0v) is 12.4. The molecule has 0 aliphatic heterocycles. The second kappa shape index (κ2) is 7.22. The largest absolute Gasteiger partial charge is 0.268 e. The molecule has 2 N–H and O–H groups in total. The number of hydrogen-bond donors (Lipinski definition) is 1. The molecule has 20 heavy (non-hydrogen) atoms. The molecule has 106 valence electrons. The monoisotopic (exact) mass is 268 g/mol. The summed E-state index contributed by atoms with van der Waals surface area (Å²) < 4.78 is 0. The molecule has 0 aliphatic carbocycles. The van der Waals surface area contributed by atoms with Crippen molar-refractivity contribution in [1.29, 1.82) is 0 Å². The Morgan fingerprint density at radius 3 is 1.45 bits per heavy atom. The fourth-order valence-electron chi connectivity index (χ4n) is 2.56. The third kappa shape index (κ3) is 4.19. The van der Waals surface area contributed by atoms with Crippen molar-refractivity contribution < 1.29 is 0 Å². The van der Waals surface area contributed by atoms with Crippen LogP contribution in [0.4, 0.5) is 0 Å². The van der Waals surface area contributed by atoms with Gasteiger partial charge in [0.1, 0.15) is 0 Å². The number of nitrogens with zero attached hydrogens (tertiary/aromatic N) is 1. The highest BCUT2D eigenvalue weighted by molar-refractivity contribution is 5.17. The minimum atomic E-state index is 0.330. The van der Waals surface area contributed by atoms with Crippen molar-refractivity contribution in [1.82, 2.24) is 5.01 Å². The number of nitrogens with two attached hydrogens (primary N) is 1. The van der Waals surface area contributed by atoms with Crippen molar-refractivity contribution in [3.63, 3.8) is 0 Å². The van der Waals surface area contributed by atoms with Crippen LogP contribution in [0.1, 0.15) is 25.0 Å². The van der Waals surface area contributed by atoms with Crippen molar-refractivity contribution in [2.24, 2.45) is 5.84 Å². The van der Waals surface area contributed by atoms with Crippen molar-refractivity contribution >= 4 is 0 Å². The Kier molecular flexibility index (Phi) is 5.33. The standard InChI is InChI=1S/C18H24N2/c1-15(13-17-9-5-3-6-10-17)20(19)16(2)14-18-11-7-4-8-12-18/h3-12,15-16H,13-14,19H2,1-2H3. The van der Waals surface area contributed by atoms with Gasteiger partial charge in [-0.2, -0.15) is 0 Å². The highest BCUT2D eigenvalue weighted by Gasteiger charge is 2.17. The molecule has 0 aromatic heterocycles. The van der Waals surface area contributed by atoms with E-state index >= 15 is 0 Å². The summed E-state index contributed by atoms with van der Waals surface area (Å²) in [5.41, 5.74) is 2.67. The first-order valence-corrected chi connectivity index (χ1v) is 7.27. The lowest BCUT2D eigenvalue weighted by Gasteiger charge is -2.30. The molecule has 0 saturated heterocycles. The van der Waals surface area contributed by atoms with Crippen molar-refractivity contribution in [2.45, 2.75) is 38.8 Å². The predicted molar refractivity (Wildman–Crippen MR) is 85.2 cm³/mol. The first-order chi connectivity index (χ1) is 9.66. The summed E-state index contributed by atoms with van der Waals surface area (Å²) in [6.45, 7) is 4.38. The van der Waals surface area contributed by atoms with E-state index in [2.05, 4.69) is 62.4 Å². The fraction of sp³-hybridized carbons (Fsp3) is 0.333. The van der Waals surface area contributed by atoms with Gasteiger partial charge >= 0.3 is 0 Å². The van der Waals surface area contributed by atoms with Crippen LogP contribution in [0.3, 0.4) is 0 Å². The molecular weight excluding hydrogens is 244 g/mol. The highest BCUT2D eigenvalue weighted by atomic mass is 15.4. The van der Waals surface area contributed by atoms with E-state index in [0.717, 1.165) is 12.8 Å². The van der Waals surface area contributed by atoms with Gasteiger partial charge in [0.25, 0.3) is 0 Å². The summed E-state index contributed by atoms with van der Waals surface area (Å²) in [5, 5.41) is 1.99. The molecule has 0 bridgehead atoms. The van der Waals surface area contributed by atoms with Gasteiger partial charge in [0.2, 0.25) is 0 Å². The number of hydrazine groups is 1. The zero-order chi connectivity index (χ0) is 14.4. The van der Waals surface area contributed by atoms with Gasteiger partial charge in [0.05, 0.1) is 0 Å². The van der Waals surface area contributed by atoms with Gasteiger partial charge in [-0.3, -0.25) is 5.84 Å². The third-order valence-corrected chi connectivity index (χ3v) is 3.77. The predicted octanol–water partition coefficient (Wildman–Crippen LogP) is 3.42. The van der Waals surface area contributed by atoms with Crippen LogP contribution >= 0.6 is 0 Å². The van der Waals surface area contributed by atoms with Gasteiger partial charge in [0, 0.05) is 12.1 Å². The summed E-state index contributed by atoms with van der Waals surface area (Å²) in [4.78, 5) is 0. The Labute approximate surface area is 122 Å². The molecule has 0 amide bonds. The van der Waals surface area contributed by atoms with E-state index in [0.29, 0.717) is 12.1 Å². The first kappa shape index (κ1) is 14.8. The van der Waals surface area contributed by atoms with Crippen LogP contribution in [0, 0.1) is 0 Å². The molecule has 2 rings (SSSR count). The average molecular weight is 268 g/mol. The van der Waals surface area contributed by atoms with Gasteiger partial charge in [-0.25, -0.2) is 5.01 Å². The van der Waals surface area contributed by atoms with Crippen molar-refractivity contribution in [3.8, 4) is 0 Å². The molecular formula is C18H24N2. The molecule has 2 aromatic carbocycles. The lowest BCUT2D eigenvalue weighted by atomic mass is 10.0. The summed E-state index contributed by atoms with van der Waals surface area (Å²) in [7, 11) is 0. The zero-order valence-electron chi connectivity index (χ0n) is 12.4. The van der Waals surface area contributed by atoms with Crippen LogP contribution in [0.2, 0.25) is 0 Å². The Morgan fingerprint density at radius 2 is 1.10 bits per heavy atom. The maximum atomic E-state index is 6.29. The Hall–Kier alpha value is -1.64. The summed E-state index contributed by atoms with van der Waals surface area (Å²) in [6, 6.07) is 21.7. The van der Waals surface area contributed by atoms with E-state index in [-0.39, 0.29) is 0 Å². The minimum absolute atomic E-state index is 0.330. The number of rotatable bonds is 6. The molecule has 0 spiro atoms. The molecule has 0 fully saturated rings. The van der Waals surface area contributed by atoms with E-state index in [1.165, 1.54) is 11.1 Å². The van der Waals surface area contributed by atoms with E-state index in [1.807, 2.05) is 17.1 Å². The van der Waals surface area contributed by atoms with E-state index in [4.69, 9.17) is 5.84 Å². The number of benzene rings is 2. The maximum Gasteiger partial charge on any atom is 0.0256 e. The maximum absolute atomic E-state index is 6.29. The van der Waals surface area contributed by atoms with Gasteiger partial charge in [-0.15, -0.1) is 0 Å². The van der Waals surface area contributed by atoms with Gasteiger partial charge < -0.3 is 0 Å². The molecule has 2 heteroatoms. The molecule has 2 nitrogen and oxygen atoms in total. The summed E-state index contributed by atoms with van der Waals surface area (Å²) >= 11 is 0. The molecule has 2 aromatic rings. The van der Waals surface area contributed by atoms with Gasteiger partial charge in [-0.1, -0.05) is 60.7 Å². The molecule has 0 aliphatic rings. The molecule has 0 heterocycles. The van der Waals surface area contributed by atoms with Gasteiger partial charge in [-0.05, 0) is 37.8 Å². The average Bonchev–Trinajstić information content (AvgIpc) is 2.48. The summed E-state index contributed by atoms with van der Waals surface area (Å²) in [6.07, 6.45) is 1.97. The minimum Gasteiger partial charge on any atom is -0.268 e. The van der Waals surface area contributed by atoms with Gasteiger partial charge in [0.15, 0.2) is 0 Å². The summed E-state index contributed by atoms with van der Waals surface area (Å²) in [5.74, 6) is 6.29. The smallest absolute Gasteiger partial charge is 0.0256 e. The van der Waals surface area contributed by atoms with E-state index < -0.39 is 0 Å². The van der Waals surface area contributed by atoms with E-state index in [1.54, 1.807) is 0 Å². The normalized spacial score (nSPS) is 14.2.